The summed E-state index contributed by atoms with van der Waals surface area (Å²) in [5, 5.41) is 2.91. The molecule has 1 aromatic heterocycles. The highest BCUT2D eigenvalue weighted by atomic mass is 16.2. The lowest BCUT2D eigenvalue weighted by Crippen LogP contribution is -2.36. The van der Waals surface area contributed by atoms with Crippen molar-refractivity contribution in [3.05, 3.63) is 33.2 Å². The van der Waals surface area contributed by atoms with Crippen LogP contribution in [-0.4, -0.2) is 40.9 Å². The molecule has 6 nitrogen and oxygen atoms in total. The Morgan fingerprint density at radius 3 is 2.52 bits per heavy atom. The topological polar surface area (TPSA) is 71.4 Å². The van der Waals surface area contributed by atoms with Gasteiger partial charge in [0.05, 0.1) is 0 Å². The predicted octanol–water partition coefficient (Wildman–Crippen LogP) is 3.05. The van der Waals surface area contributed by atoms with Gasteiger partial charge in [0.15, 0.2) is 0 Å². The number of carbonyl (C=O) groups excluding carboxylic acids is 2. The van der Waals surface area contributed by atoms with Crippen LogP contribution in [0.4, 0.5) is 0 Å². The molecule has 0 radical (unpaired) electrons. The molecule has 0 atom stereocenters. The predicted molar refractivity (Wildman–Crippen MR) is 114 cm³/mol. The highest BCUT2D eigenvalue weighted by Gasteiger charge is 2.21. The van der Waals surface area contributed by atoms with Crippen LogP contribution in [0, 0.1) is 0 Å². The van der Waals surface area contributed by atoms with Crippen molar-refractivity contribution in [2.45, 2.75) is 84.1 Å². The van der Waals surface area contributed by atoms with Crippen LogP contribution in [-0.2, 0) is 24.2 Å². The van der Waals surface area contributed by atoms with Crippen molar-refractivity contribution >= 4 is 11.8 Å². The van der Waals surface area contributed by atoms with Gasteiger partial charge in [-0.15, -0.1) is 0 Å². The monoisotopic (exact) mass is 401 g/mol. The number of hydrogen-bond acceptors (Lipinski definition) is 3. The van der Waals surface area contributed by atoms with E-state index in [0.29, 0.717) is 32.5 Å². The molecule has 2 amide bonds. The van der Waals surface area contributed by atoms with Crippen LogP contribution in [0.25, 0.3) is 0 Å². The first kappa shape index (κ1) is 21.6. The molecule has 160 valence electrons. The molecule has 1 aliphatic heterocycles. The van der Waals surface area contributed by atoms with Crippen LogP contribution in [0.3, 0.4) is 0 Å². The smallest absolute Gasteiger partial charge is 0.263 e. The van der Waals surface area contributed by atoms with Gasteiger partial charge < -0.3 is 14.8 Å². The number of hydrogen-bond donors (Lipinski definition) is 1. The fourth-order valence-electron chi connectivity index (χ4n) is 4.46. The molecule has 1 fully saturated rings. The molecule has 3 rings (SSSR count). The Morgan fingerprint density at radius 2 is 1.79 bits per heavy atom. The number of nitrogens with zero attached hydrogens (tertiary/aromatic N) is 2. The fourth-order valence-corrected chi connectivity index (χ4v) is 4.46. The second kappa shape index (κ2) is 10.6. The van der Waals surface area contributed by atoms with Gasteiger partial charge in [0.1, 0.15) is 5.56 Å². The Morgan fingerprint density at radius 1 is 1.00 bits per heavy atom. The maximum Gasteiger partial charge on any atom is 0.263 e. The maximum atomic E-state index is 13.1. The zero-order chi connectivity index (χ0) is 20.6. The normalized spacial score (nSPS) is 17.0. The molecule has 1 N–H and O–H groups in total. The highest BCUT2D eigenvalue weighted by molar-refractivity contribution is 5.94. The molecule has 1 saturated heterocycles. The van der Waals surface area contributed by atoms with Gasteiger partial charge in [0.2, 0.25) is 5.91 Å². The third kappa shape index (κ3) is 5.49. The van der Waals surface area contributed by atoms with Gasteiger partial charge in [-0.3, -0.25) is 14.4 Å². The van der Waals surface area contributed by atoms with Gasteiger partial charge in [-0.25, -0.2) is 0 Å². The molecule has 0 aromatic carbocycles. The molecular formula is C23H35N3O3. The summed E-state index contributed by atoms with van der Waals surface area (Å²) in [4.78, 5) is 39.4. The van der Waals surface area contributed by atoms with Crippen LogP contribution >= 0.6 is 0 Å². The Labute approximate surface area is 173 Å². The van der Waals surface area contributed by atoms with Gasteiger partial charge in [0, 0.05) is 38.3 Å². The summed E-state index contributed by atoms with van der Waals surface area (Å²) in [5.74, 6) is -0.0744. The fraction of sp³-hybridized carbons (Fsp3) is 0.696. The third-order valence-electron chi connectivity index (χ3n) is 6.14. The van der Waals surface area contributed by atoms with Crippen LogP contribution in [0.15, 0.2) is 10.9 Å². The number of unbranched alkanes of at least 4 members (excludes halogenated alkanes) is 1. The van der Waals surface area contributed by atoms with Gasteiger partial charge in [-0.05, 0) is 56.6 Å². The standard InChI is InChI=1S/C23H35N3O3/c1-2-3-16-26-20-11-7-5-4-6-10-18(20)17-19(23(26)29)22(28)24-13-9-15-25-14-8-12-21(25)27/h17H,2-16H2,1H3,(H,24,28). The number of fused-ring (bicyclic) bond motifs is 1. The van der Waals surface area contributed by atoms with E-state index in [4.69, 9.17) is 0 Å². The second-order valence-corrected chi connectivity index (χ2v) is 8.35. The molecule has 0 bridgehead atoms. The van der Waals surface area contributed by atoms with E-state index in [1.165, 1.54) is 18.4 Å². The van der Waals surface area contributed by atoms with Crippen molar-refractivity contribution in [3.63, 3.8) is 0 Å². The summed E-state index contributed by atoms with van der Waals surface area (Å²) in [7, 11) is 0. The van der Waals surface area contributed by atoms with E-state index in [2.05, 4.69) is 12.2 Å². The van der Waals surface area contributed by atoms with Crippen LogP contribution in [0.5, 0.6) is 0 Å². The van der Waals surface area contributed by atoms with Gasteiger partial charge in [-0.1, -0.05) is 26.2 Å². The summed E-state index contributed by atoms with van der Waals surface area (Å²) >= 11 is 0. The number of aryl methyl sites for hydroxylation is 1. The van der Waals surface area contributed by atoms with Gasteiger partial charge in [-0.2, -0.15) is 0 Å². The molecule has 0 saturated carbocycles. The number of pyridine rings is 1. The van der Waals surface area contributed by atoms with E-state index in [1.807, 2.05) is 15.5 Å². The van der Waals surface area contributed by atoms with Crippen molar-refractivity contribution < 1.29 is 9.59 Å². The van der Waals surface area contributed by atoms with E-state index >= 15 is 0 Å². The summed E-state index contributed by atoms with van der Waals surface area (Å²) in [5.41, 5.74) is 2.45. The third-order valence-corrected chi connectivity index (χ3v) is 6.14. The summed E-state index contributed by atoms with van der Waals surface area (Å²) in [6, 6.07) is 1.85. The van der Waals surface area contributed by atoms with E-state index in [-0.39, 0.29) is 22.9 Å². The van der Waals surface area contributed by atoms with E-state index < -0.39 is 0 Å². The lowest BCUT2D eigenvalue weighted by Gasteiger charge is -2.21. The Balaban J connectivity index is 1.71. The highest BCUT2D eigenvalue weighted by Crippen LogP contribution is 2.20. The summed E-state index contributed by atoms with van der Waals surface area (Å²) in [6.07, 6.45) is 10.8. The van der Waals surface area contributed by atoms with E-state index in [9.17, 15) is 14.4 Å². The molecule has 0 unspecified atom stereocenters. The van der Waals surface area contributed by atoms with Crippen molar-refractivity contribution in [2.75, 3.05) is 19.6 Å². The molecule has 1 aromatic rings. The number of carbonyl (C=O) groups is 2. The van der Waals surface area contributed by atoms with E-state index in [1.54, 1.807) is 0 Å². The SMILES string of the molecule is CCCCn1c2c(cc(C(=O)NCCCN3CCCC3=O)c1=O)CCCCCC2. The zero-order valence-corrected chi connectivity index (χ0v) is 17.8. The molecule has 0 spiro atoms. The first-order valence-electron chi connectivity index (χ1n) is 11.4. The Hall–Kier alpha value is -2.11. The van der Waals surface area contributed by atoms with E-state index in [0.717, 1.165) is 57.2 Å². The van der Waals surface area contributed by atoms with Crippen LogP contribution in [0.2, 0.25) is 0 Å². The minimum atomic E-state index is -0.280. The van der Waals surface area contributed by atoms with Crippen LogP contribution < -0.4 is 10.9 Å². The summed E-state index contributed by atoms with van der Waals surface area (Å²) in [6.45, 7) is 4.78. The number of amides is 2. The number of nitrogens with one attached hydrogen (secondary N) is 1. The van der Waals surface area contributed by atoms with Crippen molar-refractivity contribution in [1.29, 1.82) is 0 Å². The van der Waals surface area contributed by atoms with Gasteiger partial charge in [0.25, 0.3) is 11.5 Å². The van der Waals surface area contributed by atoms with Crippen molar-refractivity contribution in [1.82, 2.24) is 14.8 Å². The lowest BCUT2D eigenvalue weighted by molar-refractivity contribution is -0.127. The Bertz CT molecular complexity index is 784. The Kier molecular flexibility index (Phi) is 7.90. The molecule has 2 heterocycles. The minimum Gasteiger partial charge on any atom is -0.352 e. The first-order chi connectivity index (χ1) is 14.1. The second-order valence-electron chi connectivity index (χ2n) is 8.35. The number of rotatable bonds is 8. The largest absolute Gasteiger partial charge is 0.352 e. The number of likely N-dealkylation sites (tertiary alicyclic amines) is 1. The molecule has 1 aliphatic carbocycles. The lowest BCUT2D eigenvalue weighted by atomic mass is 9.95. The molecule has 2 aliphatic rings. The average molecular weight is 402 g/mol. The average Bonchev–Trinajstić information content (AvgIpc) is 3.10. The number of aromatic nitrogens is 1. The van der Waals surface area contributed by atoms with Gasteiger partial charge >= 0.3 is 0 Å². The van der Waals surface area contributed by atoms with Crippen LogP contribution in [0.1, 0.15) is 86.3 Å². The molecular weight excluding hydrogens is 366 g/mol. The molecule has 29 heavy (non-hydrogen) atoms. The van der Waals surface area contributed by atoms with Crippen molar-refractivity contribution in [2.24, 2.45) is 0 Å². The quantitative estimate of drug-likeness (QED) is 0.681. The minimum absolute atomic E-state index is 0.148. The zero-order valence-electron chi connectivity index (χ0n) is 17.8. The van der Waals surface area contributed by atoms with Crippen molar-refractivity contribution in [3.8, 4) is 0 Å². The maximum absolute atomic E-state index is 13.1. The first-order valence-corrected chi connectivity index (χ1v) is 11.4. The molecule has 6 heteroatoms. The summed E-state index contributed by atoms with van der Waals surface area (Å²) < 4.78 is 1.88.